The molecule has 0 spiro atoms. The normalized spacial score (nSPS) is 34.3. The topological polar surface area (TPSA) is 86.0 Å². The fourth-order valence-corrected chi connectivity index (χ4v) is 4.25. The molecule has 1 N–H and O–H groups in total. The molecule has 4 atom stereocenters. The van der Waals surface area contributed by atoms with Crippen molar-refractivity contribution in [2.24, 2.45) is 5.41 Å². The molecule has 3 heterocycles. The number of aliphatic hydroxyl groups excluding tert-OH is 1. The molecule has 1 aromatic rings. The van der Waals surface area contributed by atoms with Crippen molar-refractivity contribution in [1.82, 2.24) is 0 Å². The number of hydrogen-bond acceptors (Lipinski definition) is 6. The number of furan rings is 1. The maximum Gasteiger partial charge on any atom is 0.334 e. The molecule has 1 fully saturated rings. The van der Waals surface area contributed by atoms with E-state index in [-0.39, 0.29) is 12.5 Å². The molecule has 138 valence electrons. The highest BCUT2D eigenvalue weighted by Gasteiger charge is 2.55. The van der Waals surface area contributed by atoms with Gasteiger partial charge in [-0.2, -0.15) is 0 Å². The van der Waals surface area contributed by atoms with E-state index in [1.54, 1.807) is 18.6 Å². The molecule has 0 amide bonds. The standard InChI is InChI=1S/C20H22O6/c1-11-8-15(12-6-7-24-10-12)25-18(22)13(11)9-17-20(2)14(19(23)26-17)4-3-5-16(20)21/h4,6-7,10,15-17,21H,3,5,8-9H2,1-2H3. The SMILES string of the molecule is CC1=C(CC2OC(=O)C3=CCCC(O)C32C)C(=O)OC(c2ccoc2)C1. The van der Waals surface area contributed by atoms with Crippen molar-refractivity contribution in [1.29, 1.82) is 0 Å². The molecule has 6 nitrogen and oxygen atoms in total. The first-order valence-electron chi connectivity index (χ1n) is 8.92. The zero-order valence-corrected chi connectivity index (χ0v) is 14.9. The first-order valence-corrected chi connectivity index (χ1v) is 8.92. The molecular formula is C20H22O6. The number of carbonyl (C=O) groups excluding carboxylic acids is 2. The van der Waals surface area contributed by atoms with E-state index in [2.05, 4.69) is 0 Å². The Bertz CT molecular complexity index is 802. The van der Waals surface area contributed by atoms with Gasteiger partial charge in [0, 0.05) is 29.6 Å². The highest BCUT2D eigenvalue weighted by Crippen LogP contribution is 2.49. The lowest BCUT2D eigenvalue weighted by molar-refractivity contribution is -0.149. The molecule has 0 aromatic carbocycles. The van der Waals surface area contributed by atoms with Gasteiger partial charge in [0.05, 0.1) is 24.0 Å². The van der Waals surface area contributed by atoms with Crippen LogP contribution < -0.4 is 0 Å². The molecule has 4 unspecified atom stereocenters. The van der Waals surface area contributed by atoms with Crippen LogP contribution in [0.25, 0.3) is 0 Å². The van der Waals surface area contributed by atoms with E-state index >= 15 is 0 Å². The van der Waals surface area contributed by atoms with Gasteiger partial charge < -0.3 is 19.0 Å². The summed E-state index contributed by atoms with van der Waals surface area (Å²) in [6.45, 7) is 3.74. The Balaban J connectivity index is 1.60. The molecule has 4 rings (SSSR count). The summed E-state index contributed by atoms with van der Waals surface area (Å²) >= 11 is 0. The molecule has 0 saturated carbocycles. The Morgan fingerprint density at radius 3 is 2.77 bits per heavy atom. The highest BCUT2D eigenvalue weighted by molar-refractivity contribution is 5.94. The van der Waals surface area contributed by atoms with Gasteiger partial charge in [0.25, 0.3) is 0 Å². The second-order valence-corrected chi connectivity index (χ2v) is 7.51. The maximum atomic E-state index is 12.6. The molecule has 2 aliphatic heterocycles. The lowest BCUT2D eigenvalue weighted by Gasteiger charge is -2.37. The third-order valence-corrected chi connectivity index (χ3v) is 6.01. The zero-order chi connectivity index (χ0) is 18.5. The zero-order valence-electron chi connectivity index (χ0n) is 14.9. The smallest absolute Gasteiger partial charge is 0.334 e. The second kappa shape index (κ2) is 6.13. The summed E-state index contributed by atoms with van der Waals surface area (Å²) in [6.07, 6.45) is 5.44. The lowest BCUT2D eigenvalue weighted by Crippen LogP contribution is -2.43. The van der Waals surface area contributed by atoms with Crippen LogP contribution in [0.2, 0.25) is 0 Å². The first-order chi connectivity index (χ1) is 12.4. The Labute approximate surface area is 151 Å². The minimum atomic E-state index is -0.787. The van der Waals surface area contributed by atoms with Gasteiger partial charge in [0.2, 0.25) is 0 Å². The van der Waals surface area contributed by atoms with Gasteiger partial charge in [-0.15, -0.1) is 0 Å². The number of allylic oxidation sites excluding steroid dienone is 1. The van der Waals surface area contributed by atoms with Crippen LogP contribution in [-0.2, 0) is 19.1 Å². The van der Waals surface area contributed by atoms with Crippen molar-refractivity contribution in [3.63, 3.8) is 0 Å². The summed E-state index contributed by atoms with van der Waals surface area (Å²) in [5.74, 6) is -0.794. The number of ether oxygens (including phenoxy) is 2. The van der Waals surface area contributed by atoms with Gasteiger partial charge in [-0.25, -0.2) is 9.59 Å². The van der Waals surface area contributed by atoms with E-state index in [9.17, 15) is 14.7 Å². The lowest BCUT2D eigenvalue weighted by atomic mass is 9.68. The second-order valence-electron chi connectivity index (χ2n) is 7.51. The van der Waals surface area contributed by atoms with Gasteiger partial charge >= 0.3 is 11.9 Å². The molecule has 1 aliphatic carbocycles. The third kappa shape index (κ3) is 2.51. The van der Waals surface area contributed by atoms with E-state index in [1.165, 1.54) is 0 Å². The van der Waals surface area contributed by atoms with E-state index in [0.29, 0.717) is 30.4 Å². The van der Waals surface area contributed by atoms with Crippen molar-refractivity contribution in [3.8, 4) is 0 Å². The van der Waals surface area contributed by atoms with Crippen molar-refractivity contribution in [2.45, 2.75) is 57.8 Å². The van der Waals surface area contributed by atoms with Gasteiger partial charge in [0.1, 0.15) is 12.2 Å². The van der Waals surface area contributed by atoms with Gasteiger partial charge in [-0.1, -0.05) is 11.6 Å². The third-order valence-electron chi connectivity index (χ3n) is 6.01. The van der Waals surface area contributed by atoms with Crippen LogP contribution in [0.4, 0.5) is 0 Å². The van der Waals surface area contributed by atoms with Gasteiger partial charge in [0.15, 0.2) is 0 Å². The maximum absolute atomic E-state index is 12.6. The number of fused-ring (bicyclic) bond motifs is 1. The molecule has 1 aromatic heterocycles. The van der Waals surface area contributed by atoms with Gasteiger partial charge in [-0.3, -0.25) is 0 Å². The van der Waals surface area contributed by atoms with Crippen LogP contribution in [0.3, 0.4) is 0 Å². The Morgan fingerprint density at radius 2 is 2.08 bits per heavy atom. The molecular weight excluding hydrogens is 336 g/mol. The molecule has 0 radical (unpaired) electrons. The predicted molar refractivity (Wildman–Crippen MR) is 90.8 cm³/mol. The van der Waals surface area contributed by atoms with E-state index < -0.39 is 29.6 Å². The van der Waals surface area contributed by atoms with Crippen molar-refractivity contribution >= 4 is 11.9 Å². The van der Waals surface area contributed by atoms with Gasteiger partial charge in [-0.05, 0) is 32.8 Å². The molecule has 3 aliphatic rings. The van der Waals surface area contributed by atoms with Crippen LogP contribution in [0.15, 0.2) is 45.8 Å². The summed E-state index contributed by atoms with van der Waals surface area (Å²) in [5, 5.41) is 10.5. The quantitative estimate of drug-likeness (QED) is 0.836. The summed E-state index contributed by atoms with van der Waals surface area (Å²) in [7, 11) is 0. The van der Waals surface area contributed by atoms with Crippen molar-refractivity contribution in [3.05, 3.63) is 47.0 Å². The van der Waals surface area contributed by atoms with Crippen LogP contribution in [0, 0.1) is 5.41 Å². The fourth-order valence-electron chi connectivity index (χ4n) is 4.25. The number of cyclic esters (lactones) is 2. The number of esters is 2. The monoisotopic (exact) mass is 358 g/mol. The van der Waals surface area contributed by atoms with Crippen LogP contribution >= 0.6 is 0 Å². The van der Waals surface area contributed by atoms with E-state index in [4.69, 9.17) is 13.9 Å². The van der Waals surface area contributed by atoms with Crippen molar-refractivity contribution in [2.75, 3.05) is 0 Å². The number of carbonyl (C=O) groups is 2. The average molecular weight is 358 g/mol. The Kier molecular flexibility index (Phi) is 4.03. The Morgan fingerprint density at radius 1 is 1.27 bits per heavy atom. The summed E-state index contributed by atoms with van der Waals surface area (Å²) in [6, 6.07) is 1.78. The van der Waals surface area contributed by atoms with E-state index in [0.717, 1.165) is 11.1 Å². The number of rotatable bonds is 3. The predicted octanol–water partition coefficient (Wildman–Crippen LogP) is 2.99. The molecule has 6 heteroatoms. The summed E-state index contributed by atoms with van der Waals surface area (Å²) in [4.78, 5) is 24.8. The minimum Gasteiger partial charge on any atom is -0.472 e. The van der Waals surface area contributed by atoms with Crippen LogP contribution in [0.5, 0.6) is 0 Å². The fraction of sp³-hybridized carbons (Fsp3) is 0.500. The average Bonchev–Trinajstić information content (AvgIpc) is 3.20. The highest BCUT2D eigenvalue weighted by atomic mass is 16.6. The summed E-state index contributed by atoms with van der Waals surface area (Å²) < 4.78 is 16.2. The minimum absolute atomic E-state index is 0.249. The molecule has 1 saturated heterocycles. The van der Waals surface area contributed by atoms with Crippen molar-refractivity contribution < 1.29 is 28.6 Å². The van der Waals surface area contributed by atoms with Crippen LogP contribution in [-0.4, -0.2) is 29.3 Å². The summed E-state index contributed by atoms with van der Waals surface area (Å²) in [5.41, 5.74) is 2.01. The first kappa shape index (κ1) is 17.1. The number of aliphatic hydroxyl groups is 1. The molecule has 0 bridgehead atoms. The van der Waals surface area contributed by atoms with Crippen LogP contribution in [0.1, 0.15) is 51.2 Å². The molecule has 26 heavy (non-hydrogen) atoms. The Hall–Kier alpha value is -2.34. The number of hydrogen-bond donors (Lipinski definition) is 1. The van der Waals surface area contributed by atoms with E-state index in [1.807, 2.05) is 19.9 Å². The largest absolute Gasteiger partial charge is 0.472 e.